The summed E-state index contributed by atoms with van der Waals surface area (Å²) in [4.78, 5) is 4.34. The van der Waals surface area contributed by atoms with E-state index in [0.717, 1.165) is 28.0 Å². The van der Waals surface area contributed by atoms with Gasteiger partial charge in [0.15, 0.2) is 11.0 Å². The zero-order chi connectivity index (χ0) is 17.2. The van der Waals surface area contributed by atoms with Crippen LogP contribution >= 0.6 is 11.8 Å². The summed E-state index contributed by atoms with van der Waals surface area (Å²) in [6.45, 7) is 6.66. The molecule has 0 spiro atoms. The first kappa shape index (κ1) is 16.7. The van der Waals surface area contributed by atoms with Gasteiger partial charge < -0.3 is 4.57 Å². The first-order chi connectivity index (χ1) is 11.4. The Kier molecular flexibility index (Phi) is 4.71. The Morgan fingerprint density at radius 3 is 2.38 bits per heavy atom. The molecule has 0 saturated carbocycles. The summed E-state index contributed by atoms with van der Waals surface area (Å²) in [5.41, 5.74) is 3.60. The number of aromatic nitrogens is 4. The molecular weight excluding hydrogens is 316 g/mol. The maximum atomic E-state index is 4.36. The molecule has 4 nitrogen and oxygen atoms in total. The van der Waals surface area contributed by atoms with Crippen LogP contribution in [0.2, 0.25) is 0 Å². The van der Waals surface area contributed by atoms with Crippen LogP contribution in [0.25, 0.3) is 11.4 Å². The lowest BCUT2D eigenvalue weighted by molar-refractivity contribution is 0.590. The van der Waals surface area contributed by atoms with Crippen LogP contribution in [0.4, 0.5) is 0 Å². The van der Waals surface area contributed by atoms with Crippen LogP contribution in [0.15, 0.2) is 53.8 Å². The number of pyridine rings is 1. The smallest absolute Gasteiger partial charge is 0.191 e. The Bertz CT molecular complexity index is 802. The SMILES string of the molecule is Cn1c(SCc2ccccn2)nnc1-c1ccc(C(C)(C)C)cc1. The molecular formula is C19H22N4S. The molecule has 1 aromatic carbocycles. The zero-order valence-corrected chi connectivity index (χ0v) is 15.3. The Morgan fingerprint density at radius 2 is 1.75 bits per heavy atom. The van der Waals surface area contributed by atoms with Crippen molar-refractivity contribution in [3.63, 3.8) is 0 Å². The fourth-order valence-corrected chi connectivity index (χ4v) is 3.26. The minimum absolute atomic E-state index is 0.155. The van der Waals surface area contributed by atoms with E-state index >= 15 is 0 Å². The predicted molar refractivity (Wildman–Crippen MR) is 98.9 cm³/mol. The van der Waals surface area contributed by atoms with Crippen molar-refractivity contribution in [3.8, 4) is 11.4 Å². The van der Waals surface area contributed by atoms with Crippen LogP contribution in [-0.4, -0.2) is 19.7 Å². The van der Waals surface area contributed by atoms with Gasteiger partial charge >= 0.3 is 0 Å². The molecule has 0 unspecified atom stereocenters. The number of nitrogens with zero attached hydrogens (tertiary/aromatic N) is 4. The summed E-state index contributed by atoms with van der Waals surface area (Å²) in [5.74, 6) is 1.68. The molecule has 0 amide bonds. The van der Waals surface area contributed by atoms with Gasteiger partial charge in [-0.3, -0.25) is 4.98 Å². The first-order valence-electron chi connectivity index (χ1n) is 7.98. The van der Waals surface area contributed by atoms with Crippen molar-refractivity contribution in [2.45, 2.75) is 37.1 Å². The van der Waals surface area contributed by atoms with Crippen LogP contribution in [-0.2, 0) is 18.2 Å². The summed E-state index contributed by atoms with van der Waals surface area (Å²) in [6.07, 6.45) is 1.81. The number of hydrogen-bond acceptors (Lipinski definition) is 4. The summed E-state index contributed by atoms with van der Waals surface area (Å²) in [5, 5.41) is 9.59. The molecule has 0 aliphatic heterocycles. The molecule has 0 aliphatic rings. The summed E-state index contributed by atoms with van der Waals surface area (Å²) >= 11 is 1.65. The van der Waals surface area contributed by atoms with E-state index in [1.54, 1.807) is 11.8 Å². The van der Waals surface area contributed by atoms with E-state index < -0.39 is 0 Å². The predicted octanol–water partition coefficient (Wildman–Crippen LogP) is 4.47. The quantitative estimate of drug-likeness (QED) is 0.659. The molecule has 0 N–H and O–H groups in total. The molecule has 5 heteroatoms. The van der Waals surface area contributed by atoms with Crippen LogP contribution in [0.3, 0.4) is 0 Å². The van der Waals surface area contributed by atoms with Crippen LogP contribution in [0.5, 0.6) is 0 Å². The van der Waals surface area contributed by atoms with Crippen molar-refractivity contribution < 1.29 is 0 Å². The molecule has 2 aromatic heterocycles. The second kappa shape index (κ2) is 6.77. The lowest BCUT2D eigenvalue weighted by Crippen LogP contribution is -2.10. The van der Waals surface area contributed by atoms with Crippen molar-refractivity contribution in [1.29, 1.82) is 0 Å². The molecule has 0 atom stereocenters. The van der Waals surface area contributed by atoms with Gasteiger partial charge in [-0.1, -0.05) is 62.9 Å². The summed E-state index contributed by atoms with van der Waals surface area (Å²) in [6, 6.07) is 14.5. The first-order valence-corrected chi connectivity index (χ1v) is 8.97. The van der Waals surface area contributed by atoms with E-state index in [4.69, 9.17) is 0 Å². The molecule has 24 heavy (non-hydrogen) atoms. The average Bonchev–Trinajstić information content (AvgIpc) is 2.94. The second-order valence-electron chi connectivity index (χ2n) is 6.80. The normalized spacial score (nSPS) is 11.7. The monoisotopic (exact) mass is 338 g/mol. The van der Waals surface area contributed by atoms with E-state index in [-0.39, 0.29) is 5.41 Å². The van der Waals surface area contributed by atoms with Crippen LogP contribution in [0, 0.1) is 0 Å². The molecule has 0 saturated heterocycles. The number of hydrogen-bond donors (Lipinski definition) is 0. The van der Waals surface area contributed by atoms with Gasteiger partial charge in [-0.15, -0.1) is 10.2 Å². The van der Waals surface area contributed by atoms with Crippen LogP contribution < -0.4 is 0 Å². The van der Waals surface area contributed by atoms with Gasteiger partial charge in [0, 0.05) is 24.6 Å². The third-order valence-corrected chi connectivity index (χ3v) is 4.97. The largest absolute Gasteiger partial charge is 0.305 e. The molecule has 3 rings (SSSR count). The number of rotatable bonds is 4. The maximum absolute atomic E-state index is 4.36. The van der Waals surface area contributed by atoms with Crippen molar-refractivity contribution in [2.75, 3.05) is 0 Å². The van der Waals surface area contributed by atoms with E-state index in [1.807, 2.05) is 36.0 Å². The molecule has 0 radical (unpaired) electrons. The highest BCUT2D eigenvalue weighted by Gasteiger charge is 2.15. The standard InChI is InChI=1S/C19H22N4S/c1-19(2,3)15-10-8-14(9-11-15)17-21-22-18(23(17)4)24-13-16-7-5-6-12-20-16/h5-12H,13H2,1-4H3. The number of thioether (sulfide) groups is 1. The van der Waals surface area contributed by atoms with Crippen molar-refractivity contribution in [3.05, 3.63) is 59.9 Å². The Labute approximate surface area is 147 Å². The summed E-state index contributed by atoms with van der Waals surface area (Å²) in [7, 11) is 2.01. The molecule has 124 valence electrons. The molecule has 3 aromatic rings. The van der Waals surface area contributed by atoms with Gasteiger partial charge in [-0.2, -0.15) is 0 Å². The van der Waals surface area contributed by atoms with E-state index in [0.29, 0.717) is 0 Å². The highest BCUT2D eigenvalue weighted by Crippen LogP contribution is 2.27. The van der Waals surface area contributed by atoms with E-state index in [1.165, 1.54) is 5.56 Å². The average molecular weight is 338 g/mol. The van der Waals surface area contributed by atoms with E-state index in [9.17, 15) is 0 Å². The number of benzene rings is 1. The van der Waals surface area contributed by atoms with Crippen molar-refractivity contribution in [1.82, 2.24) is 19.7 Å². The minimum atomic E-state index is 0.155. The fraction of sp³-hybridized carbons (Fsp3) is 0.316. The van der Waals surface area contributed by atoms with Gasteiger partial charge in [-0.05, 0) is 23.1 Å². The highest BCUT2D eigenvalue weighted by atomic mass is 32.2. The molecule has 2 heterocycles. The summed E-state index contributed by atoms with van der Waals surface area (Å²) < 4.78 is 2.04. The Balaban J connectivity index is 1.77. The maximum Gasteiger partial charge on any atom is 0.191 e. The highest BCUT2D eigenvalue weighted by molar-refractivity contribution is 7.98. The fourth-order valence-electron chi connectivity index (χ4n) is 2.43. The van der Waals surface area contributed by atoms with Crippen LogP contribution in [0.1, 0.15) is 32.0 Å². The van der Waals surface area contributed by atoms with Gasteiger partial charge in [0.25, 0.3) is 0 Å². The minimum Gasteiger partial charge on any atom is -0.305 e. The molecule has 0 bridgehead atoms. The topological polar surface area (TPSA) is 43.6 Å². The van der Waals surface area contributed by atoms with Gasteiger partial charge in [0.1, 0.15) is 0 Å². The van der Waals surface area contributed by atoms with E-state index in [2.05, 4.69) is 60.2 Å². The molecule has 0 fully saturated rings. The Hall–Kier alpha value is -2.14. The van der Waals surface area contributed by atoms with Crippen molar-refractivity contribution >= 4 is 11.8 Å². The zero-order valence-electron chi connectivity index (χ0n) is 14.5. The van der Waals surface area contributed by atoms with Gasteiger partial charge in [-0.25, -0.2) is 0 Å². The lowest BCUT2D eigenvalue weighted by Gasteiger charge is -2.19. The third-order valence-electron chi connectivity index (χ3n) is 3.92. The second-order valence-corrected chi connectivity index (χ2v) is 7.74. The molecule has 0 aliphatic carbocycles. The van der Waals surface area contributed by atoms with Crippen molar-refractivity contribution in [2.24, 2.45) is 7.05 Å². The van der Waals surface area contributed by atoms with Gasteiger partial charge in [0.2, 0.25) is 0 Å². The van der Waals surface area contributed by atoms with Gasteiger partial charge in [0.05, 0.1) is 5.69 Å². The third kappa shape index (κ3) is 3.67. The Morgan fingerprint density at radius 1 is 1.00 bits per heavy atom. The lowest BCUT2D eigenvalue weighted by atomic mass is 9.87.